The van der Waals surface area contributed by atoms with E-state index in [4.69, 9.17) is 14.2 Å². The van der Waals surface area contributed by atoms with E-state index < -0.39 is 6.10 Å². The lowest BCUT2D eigenvalue weighted by Gasteiger charge is -2.52. The summed E-state index contributed by atoms with van der Waals surface area (Å²) in [4.78, 5) is 15.6. The van der Waals surface area contributed by atoms with Crippen LogP contribution in [0.4, 0.5) is 0 Å². The van der Waals surface area contributed by atoms with E-state index in [9.17, 15) is 4.79 Å². The van der Waals surface area contributed by atoms with Gasteiger partial charge in [-0.15, -0.1) is 0 Å². The van der Waals surface area contributed by atoms with Gasteiger partial charge in [0.25, 0.3) is 5.91 Å². The molecule has 5 nitrogen and oxygen atoms in total. The standard InChI is InChI=1S/C29H39NO4/c1-18(2)23-14-12-19(3)16-25(23)34-28-27(22-13-15-24(32-5)26(17-22)33-6)30(29(28)31)20(4)21-10-8-7-9-11-21/h7-11,13,15,17-20,23,25,27-28H,12,14,16H2,1-6H3/t19-,20+,23+,25-,27-,28+/m1/s1. The van der Waals surface area contributed by atoms with Crippen molar-refractivity contribution in [3.05, 3.63) is 59.7 Å². The van der Waals surface area contributed by atoms with E-state index in [1.807, 2.05) is 41.3 Å². The molecule has 1 saturated carbocycles. The smallest absolute Gasteiger partial charge is 0.255 e. The Morgan fingerprint density at radius 3 is 2.29 bits per heavy atom. The van der Waals surface area contributed by atoms with Crippen molar-refractivity contribution in [3.8, 4) is 11.5 Å². The number of benzene rings is 2. The summed E-state index contributed by atoms with van der Waals surface area (Å²) in [7, 11) is 3.28. The third-order valence-electron chi connectivity index (χ3n) is 7.82. The maximum atomic E-state index is 13.6. The van der Waals surface area contributed by atoms with Gasteiger partial charge in [-0.25, -0.2) is 0 Å². The molecule has 4 rings (SSSR count). The van der Waals surface area contributed by atoms with E-state index in [0.717, 1.165) is 24.0 Å². The Morgan fingerprint density at radius 2 is 1.65 bits per heavy atom. The SMILES string of the molecule is COc1ccc([C@@H]2[C@H](O[C@@H]3C[C@H](C)CC[C@H]3C(C)C)C(=O)N2[C@@H](C)c2ccccc2)cc1OC. The van der Waals surface area contributed by atoms with Gasteiger partial charge in [0.15, 0.2) is 17.6 Å². The van der Waals surface area contributed by atoms with Crippen LogP contribution in [0.1, 0.15) is 70.2 Å². The lowest BCUT2D eigenvalue weighted by molar-refractivity contribution is -0.196. The summed E-state index contributed by atoms with van der Waals surface area (Å²) in [5, 5.41) is 0. The monoisotopic (exact) mass is 465 g/mol. The van der Waals surface area contributed by atoms with Crippen LogP contribution in [0.5, 0.6) is 11.5 Å². The molecule has 0 aromatic heterocycles. The van der Waals surface area contributed by atoms with Gasteiger partial charge in [0.2, 0.25) is 0 Å². The molecule has 0 unspecified atom stereocenters. The lowest BCUT2D eigenvalue weighted by atomic mass is 9.75. The van der Waals surface area contributed by atoms with Crippen LogP contribution in [0.2, 0.25) is 0 Å². The molecule has 5 heteroatoms. The molecule has 2 fully saturated rings. The van der Waals surface area contributed by atoms with E-state index >= 15 is 0 Å². The van der Waals surface area contributed by atoms with Crippen molar-refractivity contribution in [3.63, 3.8) is 0 Å². The highest BCUT2D eigenvalue weighted by Gasteiger charge is 2.53. The summed E-state index contributed by atoms with van der Waals surface area (Å²) >= 11 is 0. The predicted molar refractivity (Wildman–Crippen MR) is 134 cm³/mol. The minimum Gasteiger partial charge on any atom is -0.493 e. The zero-order valence-corrected chi connectivity index (χ0v) is 21.4. The Hall–Kier alpha value is -2.53. The molecule has 6 atom stereocenters. The average Bonchev–Trinajstić information content (AvgIpc) is 2.85. The van der Waals surface area contributed by atoms with Gasteiger partial charge < -0.3 is 19.1 Å². The first-order chi connectivity index (χ1) is 16.3. The van der Waals surface area contributed by atoms with Gasteiger partial charge in [-0.05, 0) is 60.8 Å². The van der Waals surface area contributed by atoms with Crippen LogP contribution >= 0.6 is 0 Å². The van der Waals surface area contributed by atoms with Crippen LogP contribution in [0.25, 0.3) is 0 Å². The first-order valence-electron chi connectivity index (χ1n) is 12.6. The number of ether oxygens (including phenoxy) is 3. The van der Waals surface area contributed by atoms with E-state index in [1.54, 1.807) is 14.2 Å². The van der Waals surface area contributed by atoms with Crippen LogP contribution in [0.15, 0.2) is 48.5 Å². The quantitative estimate of drug-likeness (QED) is 0.436. The molecular weight excluding hydrogens is 426 g/mol. The molecule has 1 aliphatic heterocycles. The zero-order valence-electron chi connectivity index (χ0n) is 21.4. The Kier molecular flexibility index (Phi) is 7.51. The Bertz CT molecular complexity index is 975. The topological polar surface area (TPSA) is 48.0 Å². The van der Waals surface area contributed by atoms with Gasteiger partial charge in [-0.2, -0.15) is 0 Å². The third-order valence-corrected chi connectivity index (χ3v) is 7.82. The molecule has 0 N–H and O–H groups in total. The predicted octanol–water partition coefficient (Wildman–Crippen LogP) is 6.19. The summed E-state index contributed by atoms with van der Waals surface area (Å²) in [6.45, 7) is 8.94. The Balaban J connectivity index is 1.67. The summed E-state index contributed by atoms with van der Waals surface area (Å²) in [6, 6.07) is 15.9. The molecule has 2 aromatic rings. The Morgan fingerprint density at radius 1 is 0.941 bits per heavy atom. The Labute approximate surface area is 204 Å². The summed E-state index contributed by atoms with van der Waals surface area (Å²) in [5.74, 6) is 3.04. The van der Waals surface area contributed by atoms with Crippen molar-refractivity contribution in [2.45, 2.75) is 71.2 Å². The summed E-state index contributed by atoms with van der Waals surface area (Å²) in [5.41, 5.74) is 2.13. The fourth-order valence-corrected chi connectivity index (χ4v) is 5.77. The molecule has 0 spiro atoms. The lowest BCUT2D eigenvalue weighted by Crippen LogP contribution is -2.61. The minimum atomic E-state index is -0.485. The molecule has 1 aliphatic carbocycles. The van der Waals surface area contributed by atoms with Crippen LogP contribution in [0, 0.1) is 17.8 Å². The van der Waals surface area contributed by atoms with Crippen molar-refractivity contribution in [2.75, 3.05) is 14.2 Å². The van der Waals surface area contributed by atoms with Crippen LogP contribution in [-0.4, -0.2) is 37.2 Å². The van der Waals surface area contributed by atoms with Crippen molar-refractivity contribution in [2.24, 2.45) is 17.8 Å². The fraction of sp³-hybridized carbons (Fsp3) is 0.552. The highest BCUT2D eigenvalue weighted by atomic mass is 16.5. The molecule has 0 radical (unpaired) electrons. The molecule has 1 heterocycles. The molecule has 1 amide bonds. The second kappa shape index (κ2) is 10.4. The molecular formula is C29H39NO4. The maximum Gasteiger partial charge on any atom is 0.255 e. The number of likely N-dealkylation sites (tertiary alicyclic amines) is 1. The van der Waals surface area contributed by atoms with Crippen molar-refractivity contribution in [1.82, 2.24) is 4.90 Å². The molecule has 34 heavy (non-hydrogen) atoms. The zero-order chi connectivity index (χ0) is 24.4. The van der Waals surface area contributed by atoms with E-state index in [0.29, 0.717) is 29.3 Å². The number of methoxy groups -OCH3 is 2. The molecule has 2 aliphatic rings. The summed E-state index contributed by atoms with van der Waals surface area (Å²) < 4.78 is 17.8. The van der Waals surface area contributed by atoms with Crippen LogP contribution in [-0.2, 0) is 9.53 Å². The first-order valence-corrected chi connectivity index (χ1v) is 12.6. The van der Waals surface area contributed by atoms with Gasteiger partial charge in [0, 0.05) is 0 Å². The summed E-state index contributed by atoms with van der Waals surface area (Å²) in [6.07, 6.45) is 3.03. The van der Waals surface area contributed by atoms with Gasteiger partial charge in [0.05, 0.1) is 32.4 Å². The van der Waals surface area contributed by atoms with Gasteiger partial charge in [-0.1, -0.05) is 63.6 Å². The number of hydrogen-bond donors (Lipinski definition) is 0. The largest absolute Gasteiger partial charge is 0.493 e. The van der Waals surface area contributed by atoms with Crippen molar-refractivity contribution >= 4 is 5.91 Å². The number of rotatable bonds is 8. The number of carbonyl (C=O) groups is 1. The molecule has 2 aromatic carbocycles. The van der Waals surface area contributed by atoms with Crippen LogP contribution < -0.4 is 9.47 Å². The van der Waals surface area contributed by atoms with E-state index in [-0.39, 0.29) is 24.1 Å². The van der Waals surface area contributed by atoms with Crippen LogP contribution in [0.3, 0.4) is 0 Å². The number of carbonyl (C=O) groups excluding carboxylic acids is 1. The van der Waals surface area contributed by atoms with E-state index in [2.05, 4.69) is 39.8 Å². The fourth-order valence-electron chi connectivity index (χ4n) is 5.77. The normalized spacial score (nSPS) is 27.9. The molecule has 1 saturated heterocycles. The molecule has 184 valence electrons. The number of nitrogens with zero attached hydrogens (tertiary/aromatic N) is 1. The second-order valence-electron chi connectivity index (χ2n) is 10.3. The van der Waals surface area contributed by atoms with Gasteiger partial charge >= 0.3 is 0 Å². The maximum absolute atomic E-state index is 13.6. The highest BCUT2D eigenvalue weighted by Crippen LogP contribution is 2.47. The highest BCUT2D eigenvalue weighted by molar-refractivity contribution is 5.89. The number of hydrogen-bond acceptors (Lipinski definition) is 4. The molecule has 0 bridgehead atoms. The van der Waals surface area contributed by atoms with E-state index in [1.165, 1.54) is 6.42 Å². The third kappa shape index (κ3) is 4.68. The van der Waals surface area contributed by atoms with Gasteiger partial charge in [0.1, 0.15) is 0 Å². The van der Waals surface area contributed by atoms with Crippen molar-refractivity contribution < 1.29 is 19.0 Å². The number of β-lactam (4-membered cyclic amide) rings is 1. The average molecular weight is 466 g/mol. The van der Waals surface area contributed by atoms with Gasteiger partial charge in [-0.3, -0.25) is 4.79 Å². The van der Waals surface area contributed by atoms with Crippen molar-refractivity contribution in [1.29, 1.82) is 0 Å². The minimum absolute atomic E-state index is 0.0576. The number of amides is 1. The first kappa shape index (κ1) is 24.6. The second-order valence-corrected chi connectivity index (χ2v) is 10.3.